The summed E-state index contributed by atoms with van der Waals surface area (Å²) in [5, 5.41) is 3.38. The molecule has 0 spiro atoms. The monoisotopic (exact) mass is 287 g/mol. The van der Waals surface area contributed by atoms with E-state index in [1.165, 1.54) is 56.6 Å². The number of nitrogens with one attached hydrogen (secondary N) is 1. The third-order valence-corrected chi connectivity index (χ3v) is 4.91. The molecule has 1 atom stereocenters. The summed E-state index contributed by atoms with van der Waals surface area (Å²) in [6.45, 7) is 10.5. The van der Waals surface area contributed by atoms with E-state index in [0.717, 1.165) is 25.7 Å². The largest absolute Gasteiger partial charge is 0.313 e. The van der Waals surface area contributed by atoms with E-state index in [4.69, 9.17) is 0 Å². The van der Waals surface area contributed by atoms with Crippen molar-refractivity contribution in [3.8, 4) is 0 Å². The van der Waals surface area contributed by atoms with Gasteiger partial charge in [0.1, 0.15) is 0 Å². The smallest absolute Gasteiger partial charge is 0.0235 e. The van der Waals surface area contributed by atoms with Crippen LogP contribution in [0.25, 0.3) is 0 Å². The van der Waals surface area contributed by atoms with Gasteiger partial charge < -0.3 is 5.32 Å². The Labute approximate surface area is 129 Å². The third kappa shape index (κ3) is 4.06. The van der Waals surface area contributed by atoms with Crippen LogP contribution in [0.3, 0.4) is 0 Å². The number of benzene rings is 1. The molecule has 3 rings (SSSR count). The number of hydrogen-bond donors (Lipinski definition) is 1. The van der Waals surface area contributed by atoms with Crippen molar-refractivity contribution in [2.75, 3.05) is 32.7 Å². The first kappa shape index (κ1) is 15.0. The summed E-state index contributed by atoms with van der Waals surface area (Å²) in [5.41, 5.74) is 2.84. The highest BCUT2D eigenvalue weighted by Gasteiger charge is 2.28. The van der Waals surface area contributed by atoms with Crippen molar-refractivity contribution in [1.82, 2.24) is 15.1 Å². The molecule has 0 aromatic heterocycles. The molecular weight excluding hydrogens is 258 g/mol. The van der Waals surface area contributed by atoms with Crippen LogP contribution in [0, 0.1) is 0 Å². The lowest BCUT2D eigenvalue weighted by molar-refractivity contribution is 0.230. The number of nitrogens with zero attached hydrogens (tertiary/aromatic N) is 2. The van der Waals surface area contributed by atoms with Gasteiger partial charge in [0, 0.05) is 32.2 Å². The van der Waals surface area contributed by atoms with E-state index in [1.807, 2.05) is 0 Å². The molecule has 0 saturated carbocycles. The fourth-order valence-corrected chi connectivity index (χ4v) is 3.65. The summed E-state index contributed by atoms with van der Waals surface area (Å²) in [6.07, 6.45) is 4.17. The average molecular weight is 287 g/mol. The van der Waals surface area contributed by atoms with E-state index >= 15 is 0 Å². The summed E-state index contributed by atoms with van der Waals surface area (Å²) in [4.78, 5) is 5.34. The van der Waals surface area contributed by atoms with Crippen LogP contribution in [-0.4, -0.2) is 48.6 Å². The minimum atomic E-state index is 0.820. The van der Waals surface area contributed by atoms with Crippen molar-refractivity contribution in [1.29, 1.82) is 0 Å². The van der Waals surface area contributed by atoms with Crippen LogP contribution >= 0.6 is 0 Å². The number of likely N-dealkylation sites (tertiary alicyclic amines) is 2. The highest BCUT2D eigenvalue weighted by molar-refractivity contribution is 5.22. The number of hydrogen-bond acceptors (Lipinski definition) is 3. The maximum Gasteiger partial charge on any atom is 0.0235 e. The molecule has 0 radical (unpaired) electrons. The molecule has 1 unspecified atom stereocenters. The Balaban J connectivity index is 1.48. The highest BCUT2D eigenvalue weighted by atomic mass is 15.3. The zero-order chi connectivity index (χ0) is 14.5. The van der Waals surface area contributed by atoms with Crippen molar-refractivity contribution in [3.05, 3.63) is 35.4 Å². The highest BCUT2D eigenvalue weighted by Crippen LogP contribution is 2.21. The van der Waals surface area contributed by atoms with Gasteiger partial charge in [0.05, 0.1) is 0 Å². The van der Waals surface area contributed by atoms with Crippen LogP contribution in [0.2, 0.25) is 0 Å². The Bertz CT molecular complexity index is 423. The van der Waals surface area contributed by atoms with Gasteiger partial charge in [-0.15, -0.1) is 0 Å². The van der Waals surface area contributed by atoms with Crippen LogP contribution in [0.4, 0.5) is 0 Å². The lowest BCUT2D eigenvalue weighted by Gasteiger charge is -2.23. The van der Waals surface area contributed by atoms with Crippen molar-refractivity contribution >= 4 is 0 Å². The zero-order valence-corrected chi connectivity index (χ0v) is 13.4. The summed E-state index contributed by atoms with van der Waals surface area (Å²) in [6, 6.07) is 9.96. The van der Waals surface area contributed by atoms with E-state index in [-0.39, 0.29) is 0 Å². The fraction of sp³-hybridized carbons (Fsp3) is 0.667. The Morgan fingerprint density at radius 2 is 1.76 bits per heavy atom. The maximum atomic E-state index is 3.38. The standard InChI is InChI=1S/C18H29N3/c1-2-19-13-16-5-7-17(8-6-16)14-20-12-9-18(15-20)21-10-3-4-11-21/h5-8,18-19H,2-4,9-15H2,1H3. The summed E-state index contributed by atoms with van der Waals surface area (Å²) < 4.78 is 0. The second-order valence-corrected chi connectivity index (χ2v) is 6.52. The van der Waals surface area contributed by atoms with Crippen molar-refractivity contribution in [2.24, 2.45) is 0 Å². The Morgan fingerprint density at radius 1 is 1.05 bits per heavy atom. The molecule has 3 heteroatoms. The van der Waals surface area contributed by atoms with Crippen LogP contribution in [0.15, 0.2) is 24.3 Å². The predicted molar refractivity (Wildman–Crippen MR) is 88.3 cm³/mol. The SMILES string of the molecule is CCNCc1ccc(CN2CCC(N3CCCC3)C2)cc1. The first-order valence-electron chi connectivity index (χ1n) is 8.60. The molecule has 3 nitrogen and oxygen atoms in total. The van der Waals surface area contributed by atoms with E-state index in [2.05, 4.69) is 46.3 Å². The van der Waals surface area contributed by atoms with Crippen LogP contribution in [0.1, 0.15) is 37.3 Å². The van der Waals surface area contributed by atoms with Gasteiger partial charge >= 0.3 is 0 Å². The molecule has 2 heterocycles. The Morgan fingerprint density at radius 3 is 2.48 bits per heavy atom. The van der Waals surface area contributed by atoms with Crippen LogP contribution in [0.5, 0.6) is 0 Å². The molecular formula is C18H29N3. The van der Waals surface area contributed by atoms with Crippen molar-refractivity contribution in [3.63, 3.8) is 0 Å². The van der Waals surface area contributed by atoms with E-state index in [1.54, 1.807) is 0 Å². The minimum Gasteiger partial charge on any atom is -0.313 e. The molecule has 116 valence electrons. The predicted octanol–water partition coefficient (Wildman–Crippen LogP) is 2.47. The first-order chi connectivity index (χ1) is 10.3. The maximum absolute atomic E-state index is 3.38. The quantitative estimate of drug-likeness (QED) is 0.867. The zero-order valence-electron chi connectivity index (χ0n) is 13.4. The van der Waals surface area contributed by atoms with Gasteiger partial charge in [-0.2, -0.15) is 0 Å². The van der Waals surface area contributed by atoms with E-state index < -0.39 is 0 Å². The molecule has 0 amide bonds. The van der Waals surface area contributed by atoms with Gasteiger partial charge in [0.15, 0.2) is 0 Å². The van der Waals surface area contributed by atoms with E-state index in [9.17, 15) is 0 Å². The molecule has 0 aliphatic carbocycles. The molecule has 1 aromatic carbocycles. The first-order valence-corrected chi connectivity index (χ1v) is 8.60. The second-order valence-electron chi connectivity index (χ2n) is 6.52. The Hall–Kier alpha value is -0.900. The fourth-order valence-electron chi connectivity index (χ4n) is 3.65. The van der Waals surface area contributed by atoms with Gasteiger partial charge in [-0.1, -0.05) is 31.2 Å². The van der Waals surface area contributed by atoms with Crippen molar-refractivity contribution < 1.29 is 0 Å². The van der Waals surface area contributed by atoms with Gasteiger partial charge in [0.2, 0.25) is 0 Å². The molecule has 1 N–H and O–H groups in total. The molecule has 2 aliphatic heterocycles. The van der Waals surface area contributed by atoms with Crippen LogP contribution in [-0.2, 0) is 13.1 Å². The number of rotatable bonds is 6. The van der Waals surface area contributed by atoms with Gasteiger partial charge in [-0.05, 0) is 50.0 Å². The van der Waals surface area contributed by atoms with E-state index in [0.29, 0.717) is 0 Å². The Kier molecular flexibility index (Phi) is 5.28. The second kappa shape index (κ2) is 7.39. The van der Waals surface area contributed by atoms with Gasteiger partial charge in [-0.25, -0.2) is 0 Å². The summed E-state index contributed by atoms with van der Waals surface area (Å²) >= 11 is 0. The minimum absolute atomic E-state index is 0.820. The normalized spacial score (nSPS) is 24.0. The molecule has 2 fully saturated rings. The molecule has 0 bridgehead atoms. The summed E-state index contributed by atoms with van der Waals surface area (Å²) in [7, 11) is 0. The molecule has 2 saturated heterocycles. The summed E-state index contributed by atoms with van der Waals surface area (Å²) in [5.74, 6) is 0. The third-order valence-electron chi connectivity index (χ3n) is 4.91. The van der Waals surface area contributed by atoms with Crippen molar-refractivity contribution in [2.45, 2.75) is 45.3 Å². The van der Waals surface area contributed by atoms with Crippen LogP contribution < -0.4 is 5.32 Å². The molecule has 1 aromatic rings. The average Bonchev–Trinajstić information content (AvgIpc) is 3.17. The van der Waals surface area contributed by atoms with Gasteiger partial charge in [0.25, 0.3) is 0 Å². The van der Waals surface area contributed by atoms with Gasteiger partial charge in [-0.3, -0.25) is 9.80 Å². The molecule has 2 aliphatic rings. The molecule has 21 heavy (non-hydrogen) atoms. The topological polar surface area (TPSA) is 18.5 Å². The lowest BCUT2D eigenvalue weighted by atomic mass is 10.1. The lowest BCUT2D eigenvalue weighted by Crippen LogP contribution is -2.35.